The average Bonchev–Trinajstić information content (AvgIpc) is 3.49. The number of carbonyl (C=O) groups is 3. The lowest BCUT2D eigenvalue weighted by atomic mass is 9.97. The number of halogens is 1. The second-order valence-corrected chi connectivity index (χ2v) is 14.1. The van der Waals surface area contributed by atoms with Crippen LogP contribution in [-0.4, -0.2) is 59.3 Å². The number of unbranched alkanes of at least 4 members (excludes halogenated alkanes) is 2. The first kappa shape index (κ1) is 35.1. The van der Waals surface area contributed by atoms with E-state index in [0.29, 0.717) is 40.2 Å². The number of benzene rings is 1. The summed E-state index contributed by atoms with van der Waals surface area (Å²) in [5, 5.41) is 8.43. The number of hydrogen-bond donors (Lipinski definition) is 1. The largest absolute Gasteiger partial charge is 0.325 e. The van der Waals surface area contributed by atoms with Crippen LogP contribution in [0.1, 0.15) is 72.9 Å². The molecular weight excluding hydrogens is 694 g/mol. The van der Waals surface area contributed by atoms with Gasteiger partial charge in [-0.3, -0.25) is 19.1 Å². The quantitative estimate of drug-likeness (QED) is 0.0616. The molecule has 1 aromatic carbocycles. The summed E-state index contributed by atoms with van der Waals surface area (Å²) in [5.41, 5.74) is 4.29. The number of amides is 2. The fraction of sp³-hybridized carbons (Fsp3) is 0.359. The first-order valence-electron chi connectivity index (χ1n) is 17.0. The molecule has 2 fully saturated rings. The summed E-state index contributed by atoms with van der Waals surface area (Å²) < 4.78 is 2.27. The molecule has 50 heavy (non-hydrogen) atoms. The van der Waals surface area contributed by atoms with Crippen LogP contribution in [0.2, 0.25) is 0 Å². The van der Waals surface area contributed by atoms with Gasteiger partial charge in [0.25, 0.3) is 0 Å². The molecule has 0 bridgehead atoms. The summed E-state index contributed by atoms with van der Waals surface area (Å²) in [6.45, 7) is 12.8. The Labute approximate surface area is 300 Å². The van der Waals surface area contributed by atoms with Crippen molar-refractivity contribution in [3.8, 4) is 11.1 Å². The summed E-state index contributed by atoms with van der Waals surface area (Å²) in [6, 6.07) is 6.91. The van der Waals surface area contributed by atoms with Crippen LogP contribution in [-0.2, 0) is 22.6 Å². The van der Waals surface area contributed by atoms with E-state index in [9.17, 15) is 14.4 Å². The van der Waals surface area contributed by atoms with Crippen LogP contribution in [0.15, 0.2) is 78.7 Å². The Balaban J connectivity index is 1.38. The predicted octanol–water partition coefficient (Wildman–Crippen LogP) is 7.50. The van der Waals surface area contributed by atoms with Crippen molar-refractivity contribution in [1.29, 1.82) is 0 Å². The Morgan fingerprint density at radius 1 is 1.06 bits per heavy atom. The maximum absolute atomic E-state index is 14.5. The molecule has 0 spiro atoms. The predicted molar refractivity (Wildman–Crippen MR) is 199 cm³/mol. The zero-order valence-electron chi connectivity index (χ0n) is 28.8. The van der Waals surface area contributed by atoms with Gasteiger partial charge in [-0.15, -0.1) is 13.2 Å². The standard InChI is InChI=1S/C39H42BrN7O3/c1-6-8-10-11-13-27-17-28(29-21-41-26(5)42-22-29)18-30-35(25(4)48)45-46(36(27)30)23-34(49)47-31(19-39(20-32(39)47)16-12-9-7-2)38(50)44-37-24(3)14-15-33(40)43-37/h6-7,12,14-18,21-22,31-32H,1-2,8-11,13,19-20,23H2,3-5H3,(H,43,44,50)/t31-,32+,39-/m0/s1. The lowest BCUT2D eigenvalue weighted by molar-refractivity contribution is -0.138. The molecule has 4 aromatic rings. The number of ketones is 1. The summed E-state index contributed by atoms with van der Waals surface area (Å²) in [4.78, 5) is 56.4. The first-order chi connectivity index (χ1) is 24.0. The molecule has 0 radical (unpaired) electrons. The third-order valence-corrected chi connectivity index (χ3v) is 10.2. The van der Waals surface area contributed by atoms with E-state index in [1.807, 2.05) is 44.2 Å². The van der Waals surface area contributed by atoms with E-state index in [1.54, 1.807) is 22.0 Å². The van der Waals surface area contributed by atoms with Crippen molar-refractivity contribution in [3.63, 3.8) is 0 Å². The third-order valence-electron chi connectivity index (χ3n) is 9.73. The molecule has 3 atom stereocenters. The van der Waals surface area contributed by atoms with Crippen molar-refractivity contribution in [1.82, 2.24) is 29.6 Å². The highest BCUT2D eigenvalue weighted by Gasteiger charge is 2.65. The number of piperidine rings is 1. The number of anilines is 1. The van der Waals surface area contributed by atoms with Gasteiger partial charge in [0.15, 0.2) is 5.78 Å². The Bertz CT molecular complexity index is 2020. The van der Waals surface area contributed by atoms with Crippen molar-refractivity contribution in [2.45, 2.75) is 84.3 Å². The summed E-state index contributed by atoms with van der Waals surface area (Å²) >= 11 is 3.40. The molecule has 1 saturated heterocycles. The molecule has 11 heteroatoms. The van der Waals surface area contributed by atoms with Crippen LogP contribution in [0.4, 0.5) is 5.82 Å². The number of allylic oxidation sites excluding steroid dienone is 3. The van der Waals surface area contributed by atoms with Crippen LogP contribution in [0.3, 0.4) is 0 Å². The van der Waals surface area contributed by atoms with Crippen LogP contribution < -0.4 is 5.32 Å². The zero-order valence-corrected chi connectivity index (χ0v) is 30.4. The molecule has 3 aromatic heterocycles. The smallest absolute Gasteiger partial charge is 0.248 e. The number of Topliss-reactive ketones (excluding diaryl/α,β-unsaturated/α-hetero) is 1. The number of hydrogen-bond acceptors (Lipinski definition) is 7. The molecule has 1 aliphatic carbocycles. The van der Waals surface area contributed by atoms with E-state index < -0.39 is 6.04 Å². The van der Waals surface area contributed by atoms with Gasteiger partial charge in [-0.2, -0.15) is 5.10 Å². The highest BCUT2D eigenvalue weighted by molar-refractivity contribution is 9.10. The molecule has 10 nitrogen and oxygen atoms in total. The summed E-state index contributed by atoms with van der Waals surface area (Å²) in [7, 11) is 0. The van der Waals surface area contributed by atoms with Crippen LogP contribution >= 0.6 is 15.9 Å². The normalized spacial score (nSPS) is 19.5. The Kier molecular flexibility index (Phi) is 10.2. The number of nitrogens with zero attached hydrogens (tertiary/aromatic N) is 6. The molecule has 1 N–H and O–H groups in total. The molecule has 0 unspecified atom stereocenters. The number of nitrogens with one attached hydrogen (secondary N) is 1. The van der Waals surface area contributed by atoms with Gasteiger partial charge in [0.2, 0.25) is 11.8 Å². The van der Waals surface area contributed by atoms with E-state index in [0.717, 1.165) is 59.9 Å². The molecule has 6 rings (SSSR count). The monoisotopic (exact) mass is 735 g/mol. The fourth-order valence-electron chi connectivity index (χ4n) is 7.11. The number of likely N-dealkylation sites (tertiary alicyclic amines) is 1. The number of aryl methyl sites for hydroxylation is 3. The summed E-state index contributed by atoms with van der Waals surface area (Å²) in [5.74, 6) is 0.425. The van der Waals surface area contributed by atoms with E-state index in [1.165, 1.54) is 6.92 Å². The minimum atomic E-state index is -0.699. The fourth-order valence-corrected chi connectivity index (χ4v) is 7.42. The van der Waals surface area contributed by atoms with Crippen molar-refractivity contribution in [2.24, 2.45) is 5.41 Å². The van der Waals surface area contributed by atoms with Crippen LogP contribution in [0.25, 0.3) is 22.0 Å². The topological polar surface area (TPSA) is 123 Å². The maximum Gasteiger partial charge on any atom is 0.248 e. The van der Waals surface area contributed by atoms with Gasteiger partial charge in [0, 0.05) is 41.7 Å². The van der Waals surface area contributed by atoms with Crippen LogP contribution in [0.5, 0.6) is 0 Å². The molecule has 258 valence electrons. The molecule has 4 heterocycles. The van der Waals surface area contributed by atoms with Crippen molar-refractivity contribution in [3.05, 3.63) is 101 Å². The zero-order chi connectivity index (χ0) is 35.6. The van der Waals surface area contributed by atoms with Crippen LogP contribution in [0, 0.1) is 19.3 Å². The lowest BCUT2D eigenvalue weighted by Crippen LogP contribution is -2.47. The number of carbonyl (C=O) groups excluding carboxylic acids is 3. The van der Waals surface area contributed by atoms with Crippen molar-refractivity contribution < 1.29 is 14.4 Å². The Morgan fingerprint density at radius 3 is 2.56 bits per heavy atom. The second-order valence-electron chi connectivity index (χ2n) is 13.3. The van der Waals surface area contributed by atoms with Gasteiger partial charge in [-0.25, -0.2) is 15.0 Å². The highest BCUT2D eigenvalue weighted by atomic mass is 79.9. The van der Waals surface area contributed by atoms with Gasteiger partial charge >= 0.3 is 0 Å². The highest BCUT2D eigenvalue weighted by Crippen LogP contribution is 2.60. The van der Waals surface area contributed by atoms with Crippen molar-refractivity contribution in [2.75, 3.05) is 5.32 Å². The van der Waals surface area contributed by atoms with E-state index in [-0.39, 0.29) is 35.6 Å². The molecule has 1 saturated carbocycles. The van der Waals surface area contributed by atoms with Gasteiger partial charge < -0.3 is 10.2 Å². The molecule has 1 aliphatic heterocycles. The number of fused-ring (bicyclic) bond motifs is 2. The Hall–Kier alpha value is -4.77. The first-order valence-corrected chi connectivity index (χ1v) is 17.8. The average molecular weight is 737 g/mol. The molecule has 2 aliphatic rings. The number of rotatable bonds is 14. The van der Waals surface area contributed by atoms with E-state index in [4.69, 9.17) is 5.10 Å². The van der Waals surface area contributed by atoms with Gasteiger partial charge in [-0.1, -0.05) is 30.4 Å². The van der Waals surface area contributed by atoms with E-state index in [2.05, 4.69) is 67.6 Å². The number of aromatic nitrogens is 5. The lowest BCUT2D eigenvalue weighted by Gasteiger charge is -2.27. The second kappa shape index (κ2) is 14.6. The minimum absolute atomic E-state index is 0.114. The van der Waals surface area contributed by atoms with Crippen molar-refractivity contribution >= 4 is 50.2 Å². The Morgan fingerprint density at radius 2 is 1.84 bits per heavy atom. The third kappa shape index (κ3) is 7.10. The maximum atomic E-state index is 14.5. The molecular formula is C39H42BrN7O3. The SMILES string of the molecule is C=CCC=C[C@@]12C[C@@H](C(=O)Nc3nc(Br)ccc3C)N(C(=O)Cn3nc(C(C)=O)c4cc(-c5cnc(C)nc5)cc(CCCCC=C)c43)[C@@H]1C2. The van der Waals surface area contributed by atoms with E-state index >= 15 is 0 Å². The van der Waals surface area contributed by atoms with Gasteiger partial charge in [0.05, 0.1) is 5.52 Å². The van der Waals surface area contributed by atoms with Gasteiger partial charge in [0.1, 0.15) is 34.5 Å². The van der Waals surface area contributed by atoms with Gasteiger partial charge in [-0.05, 0) is 110 Å². The minimum Gasteiger partial charge on any atom is -0.325 e. The summed E-state index contributed by atoms with van der Waals surface area (Å²) in [6.07, 6.45) is 16.9. The molecule has 2 amide bonds. The number of pyridine rings is 1.